The summed E-state index contributed by atoms with van der Waals surface area (Å²) in [6.45, 7) is 4.88. The van der Waals surface area contributed by atoms with Crippen LogP contribution in [0.4, 0.5) is 0 Å². The number of carboxylic acids is 2. The number of nitrogens with zero attached hydrogens (tertiary/aromatic N) is 1. The second kappa shape index (κ2) is 14.3. The Morgan fingerprint density at radius 2 is 1.77 bits per heavy atom. The summed E-state index contributed by atoms with van der Waals surface area (Å²) < 4.78 is 11.5. The molecule has 0 aromatic heterocycles. The molecule has 1 unspecified atom stereocenters. The van der Waals surface area contributed by atoms with E-state index in [1.807, 2.05) is 36.4 Å². The normalized spacial score (nSPS) is 15.2. The lowest BCUT2D eigenvalue weighted by Crippen LogP contribution is -2.38. The average Bonchev–Trinajstić information content (AvgIpc) is 2.86. The van der Waals surface area contributed by atoms with Crippen LogP contribution in [-0.2, 0) is 16.0 Å². The Morgan fingerprint density at radius 1 is 1.03 bits per heavy atom. The highest BCUT2D eigenvalue weighted by atomic mass is 16.5. The van der Waals surface area contributed by atoms with Gasteiger partial charge in [-0.2, -0.15) is 0 Å². The van der Waals surface area contributed by atoms with Crippen LogP contribution in [-0.4, -0.2) is 66.5 Å². The van der Waals surface area contributed by atoms with Crippen molar-refractivity contribution in [1.29, 1.82) is 0 Å². The molecular weight excluding hydrogens is 446 g/mol. The maximum absolute atomic E-state index is 11.1. The highest BCUT2D eigenvalue weighted by Crippen LogP contribution is 2.24. The first-order valence-electron chi connectivity index (χ1n) is 12.3. The van der Waals surface area contributed by atoms with Crippen molar-refractivity contribution in [2.75, 3.05) is 39.5 Å². The van der Waals surface area contributed by atoms with Crippen LogP contribution in [0.15, 0.2) is 54.6 Å². The van der Waals surface area contributed by atoms with Crippen molar-refractivity contribution in [1.82, 2.24) is 4.90 Å². The number of morpholine rings is 1. The fraction of sp³-hybridized carbons (Fsp3) is 0.429. The zero-order valence-corrected chi connectivity index (χ0v) is 20.1. The Kier molecular flexibility index (Phi) is 10.8. The van der Waals surface area contributed by atoms with Crippen molar-refractivity contribution in [3.63, 3.8) is 0 Å². The maximum Gasteiger partial charge on any atom is 0.335 e. The molecule has 0 aliphatic carbocycles. The van der Waals surface area contributed by atoms with Crippen molar-refractivity contribution in [3.8, 4) is 5.75 Å². The Morgan fingerprint density at radius 3 is 2.49 bits per heavy atom. The number of hydrogen-bond acceptors (Lipinski definition) is 5. The summed E-state index contributed by atoms with van der Waals surface area (Å²) in [7, 11) is 0. The van der Waals surface area contributed by atoms with Gasteiger partial charge in [-0.25, -0.2) is 4.79 Å². The van der Waals surface area contributed by atoms with E-state index in [2.05, 4.69) is 17.1 Å². The van der Waals surface area contributed by atoms with Gasteiger partial charge in [-0.1, -0.05) is 48.9 Å². The zero-order chi connectivity index (χ0) is 24.9. The summed E-state index contributed by atoms with van der Waals surface area (Å²) >= 11 is 0. The average molecular weight is 482 g/mol. The number of benzene rings is 2. The summed E-state index contributed by atoms with van der Waals surface area (Å²) in [5, 5.41) is 18.1. The van der Waals surface area contributed by atoms with E-state index >= 15 is 0 Å². The second-order valence-corrected chi connectivity index (χ2v) is 8.81. The molecule has 0 amide bonds. The first kappa shape index (κ1) is 26.4. The number of unbranched alkanes of at least 4 members (excludes halogenated alkanes) is 1. The van der Waals surface area contributed by atoms with Gasteiger partial charge in [0.05, 0.1) is 18.8 Å². The fourth-order valence-electron chi connectivity index (χ4n) is 4.13. The Labute approximate surface area is 207 Å². The molecule has 7 heteroatoms. The maximum atomic E-state index is 11.1. The number of carbonyl (C=O) groups is 2. The van der Waals surface area contributed by atoms with E-state index in [4.69, 9.17) is 19.7 Å². The van der Waals surface area contributed by atoms with E-state index in [0.29, 0.717) is 13.0 Å². The number of allylic oxidation sites excluding steroid dienone is 1. The van der Waals surface area contributed by atoms with E-state index < -0.39 is 11.9 Å². The van der Waals surface area contributed by atoms with Gasteiger partial charge in [-0.3, -0.25) is 9.69 Å². The zero-order valence-electron chi connectivity index (χ0n) is 20.1. The number of aromatic carboxylic acids is 1. The van der Waals surface area contributed by atoms with Crippen molar-refractivity contribution >= 4 is 18.0 Å². The van der Waals surface area contributed by atoms with Gasteiger partial charge in [0.15, 0.2) is 0 Å². The van der Waals surface area contributed by atoms with Gasteiger partial charge in [-0.05, 0) is 48.9 Å². The Bertz CT molecular complexity index is 966. The van der Waals surface area contributed by atoms with E-state index in [0.717, 1.165) is 69.0 Å². The quantitative estimate of drug-likeness (QED) is 0.380. The van der Waals surface area contributed by atoms with Crippen LogP contribution in [0.3, 0.4) is 0 Å². The summed E-state index contributed by atoms with van der Waals surface area (Å²) in [5.41, 5.74) is 2.33. The smallest absolute Gasteiger partial charge is 0.335 e. The molecule has 188 valence electrons. The number of carboxylic acid groups (broad SMARTS) is 2. The van der Waals surface area contributed by atoms with Crippen LogP contribution in [0.25, 0.3) is 6.08 Å². The van der Waals surface area contributed by atoms with E-state index in [1.165, 1.54) is 0 Å². The Hall–Kier alpha value is -3.16. The molecule has 2 N–H and O–H groups in total. The molecule has 1 fully saturated rings. The number of para-hydroxylation sites is 1. The number of aliphatic carboxylic acids is 1. The SMILES string of the molecule is O=C(O)CCCCC(C=Cc1ccccc1OCCN1CCOCC1)Cc1ccc(C(=O)O)cc1. The highest BCUT2D eigenvalue weighted by molar-refractivity contribution is 5.87. The molecule has 0 saturated carbocycles. The summed E-state index contributed by atoms with van der Waals surface area (Å²) in [4.78, 5) is 24.4. The molecule has 1 atom stereocenters. The lowest BCUT2D eigenvalue weighted by atomic mass is 9.92. The standard InChI is InChI=1S/C28H35NO6/c30-27(31)8-4-1-5-22(21-23-10-13-25(14-11-23)28(32)33)9-12-24-6-2-3-7-26(24)35-20-17-29-15-18-34-19-16-29/h2-3,6-7,9-14,22H,1,4-5,8,15-21H2,(H,30,31)(H,32,33). The molecule has 0 bridgehead atoms. The highest BCUT2D eigenvalue weighted by Gasteiger charge is 2.12. The third kappa shape index (κ3) is 9.54. The minimum atomic E-state index is -0.938. The summed E-state index contributed by atoms with van der Waals surface area (Å²) in [6, 6.07) is 14.9. The van der Waals surface area contributed by atoms with Crippen molar-refractivity contribution < 1.29 is 29.3 Å². The number of hydrogen-bond donors (Lipinski definition) is 2. The molecule has 2 aromatic rings. The molecule has 1 heterocycles. The van der Waals surface area contributed by atoms with E-state index in [9.17, 15) is 9.59 Å². The first-order chi connectivity index (χ1) is 17.0. The van der Waals surface area contributed by atoms with Crippen LogP contribution in [0.1, 0.15) is 47.2 Å². The topological polar surface area (TPSA) is 96.3 Å². The lowest BCUT2D eigenvalue weighted by molar-refractivity contribution is -0.137. The minimum Gasteiger partial charge on any atom is -0.492 e. The molecule has 1 aliphatic rings. The molecule has 2 aromatic carbocycles. The van der Waals surface area contributed by atoms with Gasteiger partial charge in [0.2, 0.25) is 0 Å². The minimum absolute atomic E-state index is 0.170. The molecule has 0 spiro atoms. The third-order valence-electron chi connectivity index (χ3n) is 6.15. The summed E-state index contributed by atoms with van der Waals surface area (Å²) in [6.07, 6.45) is 7.47. The van der Waals surface area contributed by atoms with Gasteiger partial charge in [0.25, 0.3) is 0 Å². The van der Waals surface area contributed by atoms with E-state index in [1.54, 1.807) is 12.1 Å². The predicted octanol–water partition coefficient (Wildman–Crippen LogP) is 4.61. The van der Waals surface area contributed by atoms with Gasteiger partial charge < -0.3 is 19.7 Å². The molecule has 7 nitrogen and oxygen atoms in total. The molecule has 3 rings (SSSR count). The summed E-state index contributed by atoms with van der Waals surface area (Å²) in [5.74, 6) is -0.676. The van der Waals surface area contributed by atoms with Crippen molar-refractivity contribution in [2.45, 2.75) is 32.1 Å². The van der Waals surface area contributed by atoms with Crippen LogP contribution in [0, 0.1) is 5.92 Å². The van der Waals surface area contributed by atoms with Crippen molar-refractivity contribution in [3.05, 3.63) is 71.3 Å². The van der Waals surface area contributed by atoms with Gasteiger partial charge in [0.1, 0.15) is 12.4 Å². The lowest BCUT2D eigenvalue weighted by Gasteiger charge is -2.26. The van der Waals surface area contributed by atoms with Crippen LogP contribution in [0.5, 0.6) is 5.75 Å². The molecule has 35 heavy (non-hydrogen) atoms. The first-order valence-corrected chi connectivity index (χ1v) is 12.3. The molecule has 1 saturated heterocycles. The van der Waals surface area contributed by atoms with Crippen LogP contribution < -0.4 is 4.74 Å². The van der Waals surface area contributed by atoms with Crippen LogP contribution in [0.2, 0.25) is 0 Å². The third-order valence-corrected chi connectivity index (χ3v) is 6.15. The number of rotatable bonds is 14. The molecule has 1 aliphatic heterocycles. The van der Waals surface area contributed by atoms with Crippen LogP contribution >= 0.6 is 0 Å². The molecular formula is C28H35NO6. The number of ether oxygens (including phenoxy) is 2. The van der Waals surface area contributed by atoms with E-state index in [-0.39, 0.29) is 17.9 Å². The van der Waals surface area contributed by atoms with Gasteiger partial charge in [0, 0.05) is 31.6 Å². The predicted molar refractivity (Wildman–Crippen MR) is 135 cm³/mol. The van der Waals surface area contributed by atoms with Gasteiger partial charge >= 0.3 is 11.9 Å². The monoisotopic (exact) mass is 481 g/mol. The second-order valence-electron chi connectivity index (χ2n) is 8.81. The largest absolute Gasteiger partial charge is 0.492 e. The van der Waals surface area contributed by atoms with Gasteiger partial charge in [-0.15, -0.1) is 0 Å². The Balaban J connectivity index is 1.63. The van der Waals surface area contributed by atoms with Crippen molar-refractivity contribution in [2.24, 2.45) is 5.92 Å². The fourth-order valence-corrected chi connectivity index (χ4v) is 4.13. The molecule has 0 radical (unpaired) electrons.